The Bertz CT molecular complexity index is 687. The molecule has 1 aliphatic rings. The number of nitrogens with zero attached hydrogens (tertiary/aromatic N) is 5. The fourth-order valence-electron chi connectivity index (χ4n) is 2.81. The van der Waals surface area contributed by atoms with Crippen LogP contribution in [0.5, 0.6) is 0 Å². The number of aromatic nitrogens is 2. The first-order valence-electron chi connectivity index (χ1n) is 7.99. The summed E-state index contributed by atoms with van der Waals surface area (Å²) >= 11 is 0. The minimum Gasteiger partial charge on any atom is -0.338 e. The van der Waals surface area contributed by atoms with Gasteiger partial charge in [0.1, 0.15) is 0 Å². The van der Waals surface area contributed by atoms with Crippen molar-refractivity contribution in [2.24, 2.45) is 0 Å². The van der Waals surface area contributed by atoms with Crippen molar-refractivity contribution >= 4 is 30.8 Å². The van der Waals surface area contributed by atoms with Gasteiger partial charge in [0.25, 0.3) is 0 Å². The highest BCUT2D eigenvalue weighted by atomic mass is 35.5. The largest absolute Gasteiger partial charge is 0.338 e. The lowest BCUT2D eigenvalue weighted by molar-refractivity contribution is 0.208. The second-order valence-electron chi connectivity index (χ2n) is 6.08. The first kappa shape index (κ1) is 21.2. The fourth-order valence-corrected chi connectivity index (χ4v) is 2.81. The minimum absolute atomic E-state index is 0. The highest BCUT2D eigenvalue weighted by molar-refractivity contribution is 5.85. The van der Waals surface area contributed by atoms with E-state index in [2.05, 4.69) is 39.7 Å². The molecule has 1 saturated heterocycles. The van der Waals surface area contributed by atoms with Crippen LogP contribution < -0.4 is 4.90 Å². The second-order valence-corrected chi connectivity index (χ2v) is 6.08. The maximum atomic E-state index is 8.85. The number of hydrogen-bond donors (Lipinski definition) is 0. The SMILES string of the molecule is CC(C)N1CCN(c2ncc(-c3ccc(C#N)cc3)cn2)CC1.Cl.Cl. The molecule has 0 N–H and O–H groups in total. The zero-order valence-electron chi connectivity index (χ0n) is 14.4. The average Bonchev–Trinajstić information content (AvgIpc) is 2.62. The lowest BCUT2D eigenvalue weighted by atomic mass is 10.1. The van der Waals surface area contributed by atoms with Crippen molar-refractivity contribution in [3.8, 4) is 17.2 Å². The van der Waals surface area contributed by atoms with Crippen LogP contribution in [0.1, 0.15) is 19.4 Å². The molecular formula is C18H23Cl2N5. The molecule has 0 aliphatic carbocycles. The smallest absolute Gasteiger partial charge is 0.225 e. The zero-order valence-corrected chi connectivity index (χ0v) is 16.1. The monoisotopic (exact) mass is 379 g/mol. The number of rotatable bonds is 3. The number of anilines is 1. The molecule has 0 unspecified atom stereocenters. The predicted molar refractivity (Wildman–Crippen MR) is 106 cm³/mol. The molecule has 25 heavy (non-hydrogen) atoms. The Labute approximate surface area is 161 Å². The van der Waals surface area contributed by atoms with Crippen LogP contribution in [0.4, 0.5) is 5.95 Å². The van der Waals surface area contributed by atoms with Gasteiger partial charge in [-0.2, -0.15) is 5.26 Å². The molecule has 7 heteroatoms. The molecule has 2 heterocycles. The van der Waals surface area contributed by atoms with E-state index >= 15 is 0 Å². The summed E-state index contributed by atoms with van der Waals surface area (Å²) in [6.45, 7) is 8.51. The van der Waals surface area contributed by atoms with Crippen LogP contribution in [0.3, 0.4) is 0 Å². The molecule has 1 aromatic heterocycles. The molecule has 2 aromatic rings. The standard InChI is InChI=1S/C18H21N5.2ClH/c1-14(2)22-7-9-23(10-8-22)18-20-12-17(13-21-18)16-5-3-15(11-19)4-6-16;;/h3-6,12-14H,7-10H2,1-2H3;2*1H. The third kappa shape index (κ3) is 5.05. The van der Waals surface area contributed by atoms with Crippen molar-refractivity contribution in [1.29, 1.82) is 5.26 Å². The van der Waals surface area contributed by atoms with Gasteiger partial charge in [0.05, 0.1) is 11.6 Å². The molecule has 1 aliphatic heterocycles. The maximum Gasteiger partial charge on any atom is 0.225 e. The number of piperazine rings is 1. The van der Waals surface area contributed by atoms with Crippen LogP contribution >= 0.6 is 24.8 Å². The molecule has 1 fully saturated rings. The highest BCUT2D eigenvalue weighted by Crippen LogP contribution is 2.20. The molecule has 5 nitrogen and oxygen atoms in total. The molecule has 134 valence electrons. The second kappa shape index (κ2) is 9.57. The number of hydrogen-bond acceptors (Lipinski definition) is 5. The molecular weight excluding hydrogens is 357 g/mol. The summed E-state index contributed by atoms with van der Waals surface area (Å²) in [4.78, 5) is 13.8. The summed E-state index contributed by atoms with van der Waals surface area (Å²) in [5.41, 5.74) is 2.66. The van der Waals surface area contributed by atoms with Crippen LogP contribution in [0, 0.1) is 11.3 Å². The van der Waals surface area contributed by atoms with Gasteiger partial charge in [0.15, 0.2) is 0 Å². The fraction of sp³-hybridized carbons (Fsp3) is 0.389. The minimum atomic E-state index is 0. The van der Waals surface area contributed by atoms with E-state index in [-0.39, 0.29) is 24.8 Å². The first-order chi connectivity index (χ1) is 11.2. The Kier molecular flexibility index (Phi) is 8.11. The van der Waals surface area contributed by atoms with Crippen LogP contribution in [0.2, 0.25) is 0 Å². The van der Waals surface area contributed by atoms with Crippen LogP contribution in [-0.4, -0.2) is 47.1 Å². The lowest BCUT2D eigenvalue weighted by Gasteiger charge is -2.36. The highest BCUT2D eigenvalue weighted by Gasteiger charge is 2.20. The summed E-state index contributed by atoms with van der Waals surface area (Å²) in [5.74, 6) is 0.797. The van der Waals surface area contributed by atoms with Gasteiger partial charge in [-0.1, -0.05) is 12.1 Å². The number of nitriles is 1. The van der Waals surface area contributed by atoms with E-state index in [1.165, 1.54) is 0 Å². The Morgan fingerprint density at radius 1 is 0.920 bits per heavy atom. The van der Waals surface area contributed by atoms with E-state index in [4.69, 9.17) is 5.26 Å². The Morgan fingerprint density at radius 2 is 1.48 bits per heavy atom. The Morgan fingerprint density at radius 3 is 1.96 bits per heavy atom. The van der Waals surface area contributed by atoms with Gasteiger partial charge in [0, 0.05) is 50.2 Å². The van der Waals surface area contributed by atoms with E-state index < -0.39 is 0 Å². The van der Waals surface area contributed by atoms with Gasteiger partial charge in [-0.05, 0) is 31.5 Å². The molecule has 1 aromatic carbocycles. The van der Waals surface area contributed by atoms with Gasteiger partial charge in [0.2, 0.25) is 5.95 Å². The molecule has 0 spiro atoms. The van der Waals surface area contributed by atoms with E-state index in [0.29, 0.717) is 11.6 Å². The van der Waals surface area contributed by atoms with Crippen LogP contribution in [0.25, 0.3) is 11.1 Å². The number of halogens is 2. The summed E-state index contributed by atoms with van der Waals surface area (Å²) < 4.78 is 0. The third-order valence-corrected chi connectivity index (χ3v) is 4.31. The average molecular weight is 380 g/mol. The molecule has 0 radical (unpaired) electrons. The summed E-state index contributed by atoms with van der Waals surface area (Å²) in [6.07, 6.45) is 3.72. The predicted octanol–water partition coefficient (Wildman–Crippen LogP) is 3.39. The molecule has 0 saturated carbocycles. The Hall–Kier alpha value is -1.87. The van der Waals surface area contributed by atoms with Crippen LogP contribution in [-0.2, 0) is 0 Å². The maximum absolute atomic E-state index is 8.85. The quantitative estimate of drug-likeness (QED) is 0.817. The van der Waals surface area contributed by atoms with E-state index in [1.54, 1.807) is 0 Å². The van der Waals surface area contributed by atoms with Crippen molar-refractivity contribution in [2.45, 2.75) is 19.9 Å². The van der Waals surface area contributed by atoms with Crippen molar-refractivity contribution in [1.82, 2.24) is 14.9 Å². The van der Waals surface area contributed by atoms with Crippen LogP contribution in [0.15, 0.2) is 36.7 Å². The molecule has 0 amide bonds. The van der Waals surface area contributed by atoms with E-state index in [1.807, 2.05) is 36.7 Å². The van der Waals surface area contributed by atoms with E-state index in [9.17, 15) is 0 Å². The molecule has 0 bridgehead atoms. The van der Waals surface area contributed by atoms with Gasteiger partial charge in [-0.25, -0.2) is 9.97 Å². The van der Waals surface area contributed by atoms with Crippen molar-refractivity contribution in [3.05, 3.63) is 42.2 Å². The number of benzene rings is 1. The normalized spacial score (nSPS) is 14.4. The van der Waals surface area contributed by atoms with Crippen molar-refractivity contribution in [2.75, 3.05) is 31.1 Å². The van der Waals surface area contributed by atoms with E-state index in [0.717, 1.165) is 43.3 Å². The lowest BCUT2D eigenvalue weighted by Crippen LogP contribution is -2.49. The summed E-state index contributed by atoms with van der Waals surface area (Å²) in [6, 6.07) is 10.2. The molecule has 0 atom stereocenters. The van der Waals surface area contributed by atoms with Gasteiger partial charge >= 0.3 is 0 Å². The third-order valence-electron chi connectivity index (χ3n) is 4.31. The summed E-state index contributed by atoms with van der Waals surface area (Å²) in [7, 11) is 0. The first-order valence-corrected chi connectivity index (χ1v) is 7.99. The van der Waals surface area contributed by atoms with Gasteiger partial charge < -0.3 is 4.90 Å². The summed E-state index contributed by atoms with van der Waals surface area (Å²) in [5, 5.41) is 8.85. The zero-order chi connectivity index (χ0) is 16.2. The van der Waals surface area contributed by atoms with Crippen molar-refractivity contribution in [3.63, 3.8) is 0 Å². The topological polar surface area (TPSA) is 56.0 Å². The Balaban J connectivity index is 0.00000156. The van der Waals surface area contributed by atoms with Gasteiger partial charge in [-0.3, -0.25) is 4.90 Å². The van der Waals surface area contributed by atoms with Crippen molar-refractivity contribution < 1.29 is 0 Å². The van der Waals surface area contributed by atoms with Gasteiger partial charge in [-0.15, -0.1) is 24.8 Å². The molecule has 3 rings (SSSR count).